The van der Waals surface area contributed by atoms with Crippen molar-refractivity contribution in [3.05, 3.63) is 52.3 Å². The van der Waals surface area contributed by atoms with Gasteiger partial charge in [-0.15, -0.1) is 0 Å². The Balaban J connectivity index is 2.04. The molecule has 1 aromatic heterocycles. The van der Waals surface area contributed by atoms with E-state index in [0.717, 1.165) is 5.56 Å². The lowest BCUT2D eigenvalue weighted by molar-refractivity contribution is -0.122. The minimum atomic E-state index is -0.679. The number of aromatic nitrogens is 1. The van der Waals surface area contributed by atoms with Crippen LogP contribution >= 0.6 is 23.2 Å². The van der Waals surface area contributed by atoms with E-state index in [0.29, 0.717) is 16.5 Å². The molecule has 1 atom stereocenters. The van der Waals surface area contributed by atoms with E-state index < -0.39 is 6.10 Å². The highest BCUT2D eigenvalue weighted by Gasteiger charge is 2.17. The molecule has 0 bridgehead atoms. The number of amides is 1. The van der Waals surface area contributed by atoms with E-state index in [1.165, 1.54) is 0 Å². The van der Waals surface area contributed by atoms with Gasteiger partial charge in [-0.25, -0.2) is 4.98 Å². The van der Waals surface area contributed by atoms with Gasteiger partial charge in [0.15, 0.2) is 11.3 Å². The van der Waals surface area contributed by atoms with E-state index in [4.69, 9.17) is 27.9 Å². The van der Waals surface area contributed by atoms with Crippen LogP contribution in [0.25, 0.3) is 0 Å². The van der Waals surface area contributed by atoms with Gasteiger partial charge >= 0.3 is 0 Å². The summed E-state index contributed by atoms with van der Waals surface area (Å²) in [5.41, 5.74) is 1.31. The number of hydrogen-bond donors (Lipinski definition) is 1. The second-order valence-corrected chi connectivity index (χ2v) is 5.30. The Morgan fingerprint density at radius 1 is 1.33 bits per heavy atom. The first kappa shape index (κ1) is 15.6. The SMILES string of the molecule is Cc1cc(Cl)ccc1O[C@@H](C)C(=O)Nc1cccnc1Cl. The highest BCUT2D eigenvalue weighted by Crippen LogP contribution is 2.23. The molecule has 0 unspecified atom stereocenters. The zero-order valence-corrected chi connectivity index (χ0v) is 13.1. The number of aryl methyl sites for hydroxylation is 1. The van der Waals surface area contributed by atoms with Gasteiger partial charge in [-0.05, 0) is 49.7 Å². The lowest BCUT2D eigenvalue weighted by Crippen LogP contribution is -2.30. The predicted octanol–water partition coefficient (Wildman–Crippen LogP) is 4.10. The lowest BCUT2D eigenvalue weighted by Gasteiger charge is -2.16. The number of halogens is 2. The molecular formula is C15H14Cl2N2O2. The average molecular weight is 325 g/mol. The number of carbonyl (C=O) groups is 1. The average Bonchev–Trinajstić information content (AvgIpc) is 2.44. The number of hydrogen-bond acceptors (Lipinski definition) is 3. The number of ether oxygens (including phenoxy) is 1. The van der Waals surface area contributed by atoms with Crippen LogP contribution in [0.5, 0.6) is 5.75 Å². The van der Waals surface area contributed by atoms with Gasteiger partial charge in [-0.3, -0.25) is 4.79 Å². The fourth-order valence-corrected chi connectivity index (χ4v) is 2.10. The van der Waals surface area contributed by atoms with Crippen LogP contribution in [0.3, 0.4) is 0 Å². The van der Waals surface area contributed by atoms with Crippen LogP contribution in [-0.2, 0) is 4.79 Å². The van der Waals surface area contributed by atoms with Crippen LogP contribution in [0.15, 0.2) is 36.5 Å². The summed E-state index contributed by atoms with van der Waals surface area (Å²) in [4.78, 5) is 16.0. The molecule has 6 heteroatoms. The Hall–Kier alpha value is -1.78. The van der Waals surface area contributed by atoms with Gasteiger partial charge in [0.2, 0.25) is 0 Å². The van der Waals surface area contributed by atoms with E-state index in [9.17, 15) is 4.79 Å². The summed E-state index contributed by atoms with van der Waals surface area (Å²) in [6.07, 6.45) is 0.871. The summed E-state index contributed by atoms with van der Waals surface area (Å²) in [6, 6.07) is 8.59. The lowest BCUT2D eigenvalue weighted by atomic mass is 10.2. The van der Waals surface area contributed by atoms with Crippen molar-refractivity contribution < 1.29 is 9.53 Å². The van der Waals surface area contributed by atoms with E-state index in [1.54, 1.807) is 43.5 Å². The van der Waals surface area contributed by atoms with Gasteiger partial charge in [0.05, 0.1) is 5.69 Å². The minimum absolute atomic E-state index is 0.237. The summed E-state index contributed by atoms with van der Waals surface area (Å²) >= 11 is 11.8. The molecule has 110 valence electrons. The molecule has 1 heterocycles. The maximum Gasteiger partial charge on any atom is 0.265 e. The second kappa shape index (κ2) is 6.78. The van der Waals surface area contributed by atoms with E-state index in [1.807, 2.05) is 6.92 Å². The molecule has 0 aliphatic rings. The van der Waals surface area contributed by atoms with Crippen molar-refractivity contribution >= 4 is 34.8 Å². The third-order valence-electron chi connectivity index (χ3n) is 2.83. The number of anilines is 1. The highest BCUT2D eigenvalue weighted by atomic mass is 35.5. The number of nitrogens with zero attached hydrogens (tertiary/aromatic N) is 1. The molecule has 0 saturated heterocycles. The summed E-state index contributed by atoms with van der Waals surface area (Å²) in [5.74, 6) is 0.304. The van der Waals surface area contributed by atoms with E-state index >= 15 is 0 Å². The Morgan fingerprint density at radius 2 is 2.10 bits per heavy atom. The topological polar surface area (TPSA) is 51.2 Å². The molecule has 2 aromatic rings. The second-order valence-electron chi connectivity index (χ2n) is 4.50. The van der Waals surface area contributed by atoms with Gasteiger partial charge in [0, 0.05) is 11.2 Å². The quantitative estimate of drug-likeness (QED) is 0.861. The molecule has 0 aliphatic heterocycles. The number of benzene rings is 1. The molecular weight excluding hydrogens is 311 g/mol. The first-order chi connectivity index (χ1) is 9.97. The van der Waals surface area contributed by atoms with Gasteiger partial charge in [-0.1, -0.05) is 23.2 Å². The zero-order chi connectivity index (χ0) is 15.4. The number of carbonyl (C=O) groups excluding carboxylic acids is 1. The van der Waals surface area contributed by atoms with E-state index in [-0.39, 0.29) is 11.1 Å². The molecule has 0 saturated carbocycles. The Kier molecular flexibility index (Phi) is 5.04. The maximum atomic E-state index is 12.1. The molecule has 0 aliphatic carbocycles. The maximum absolute atomic E-state index is 12.1. The minimum Gasteiger partial charge on any atom is -0.481 e. The third-order valence-corrected chi connectivity index (χ3v) is 3.36. The number of pyridine rings is 1. The smallest absolute Gasteiger partial charge is 0.265 e. The molecule has 1 amide bonds. The summed E-state index contributed by atoms with van der Waals surface area (Å²) in [6.45, 7) is 3.53. The fourth-order valence-electron chi connectivity index (χ4n) is 1.70. The van der Waals surface area contributed by atoms with Crippen LogP contribution < -0.4 is 10.1 Å². The van der Waals surface area contributed by atoms with Crippen LogP contribution in [0.4, 0.5) is 5.69 Å². The van der Waals surface area contributed by atoms with Crippen molar-refractivity contribution in [3.63, 3.8) is 0 Å². The van der Waals surface area contributed by atoms with E-state index in [2.05, 4.69) is 10.3 Å². The van der Waals surface area contributed by atoms with Crippen molar-refractivity contribution in [1.82, 2.24) is 4.98 Å². The van der Waals surface area contributed by atoms with Gasteiger partial charge < -0.3 is 10.1 Å². The Morgan fingerprint density at radius 3 is 2.76 bits per heavy atom. The summed E-state index contributed by atoms with van der Waals surface area (Å²) in [5, 5.41) is 3.54. The van der Waals surface area contributed by atoms with Crippen LogP contribution in [0.2, 0.25) is 10.2 Å². The monoisotopic (exact) mass is 324 g/mol. The van der Waals surface area contributed by atoms with Crippen molar-refractivity contribution in [3.8, 4) is 5.75 Å². The standard InChI is InChI=1S/C15H14Cl2N2O2/c1-9-8-11(16)5-6-13(9)21-10(2)15(20)19-12-4-3-7-18-14(12)17/h3-8,10H,1-2H3,(H,19,20)/t10-/m0/s1. The van der Waals surface area contributed by atoms with Crippen molar-refractivity contribution in [2.45, 2.75) is 20.0 Å². The summed E-state index contributed by atoms with van der Waals surface area (Å²) in [7, 11) is 0. The summed E-state index contributed by atoms with van der Waals surface area (Å²) < 4.78 is 5.64. The first-order valence-electron chi connectivity index (χ1n) is 6.31. The predicted molar refractivity (Wildman–Crippen MR) is 84.2 cm³/mol. The van der Waals surface area contributed by atoms with Crippen LogP contribution in [0.1, 0.15) is 12.5 Å². The molecule has 4 nitrogen and oxygen atoms in total. The molecule has 2 rings (SSSR count). The fraction of sp³-hybridized carbons (Fsp3) is 0.200. The van der Waals surface area contributed by atoms with Crippen LogP contribution in [-0.4, -0.2) is 17.0 Å². The molecule has 0 fully saturated rings. The Bertz CT molecular complexity index is 662. The zero-order valence-electron chi connectivity index (χ0n) is 11.6. The number of rotatable bonds is 4. The molecule has 1 N–H and O–H groups in total. The first-order valence-corrected chi connectivity index (χ1v) is 7.07. The normalized spacial score (nSPS) is 11.8. The molecule has 0 radical (unpaired) electrons. The molecule has 1 aromatic carbocycles. The van der Waals surface area contributed by atoms with Crippen LogP contribution in [0, 0.1) is 6.92 Å². The highest BCUT2D eigenvalue weighted by molar-refractivity contribution is 6.32. The molecule has 21 heavy (non-hydrogen) atoms. The van der Waals surface area contributed by atoms with Crippen molar-refractivity contribution in [2.24, 2.45) is 0 Å². The largest absolute Gasteiger partial charge is 0.481 e. The number of nitrogens with one attached hydrogen (secondary N) is 1. The van der Waals surface area contributed by atoms with Crippen molar-refractivity contribution in [1.29, 1.82) is 0 Å². The third kappa shape index (κ3) is 4.09. The van der Waals surface area contributed by atoms with Gasteiger partial charge in [0.25, 0.3) is 5.91 Å². The van der Waals surface area contributed by atoms with Gasteiger partial charge in [0.1, 0.15) is 5.75 Å². The Labute approximate surface area is 133 Å². The van der Waals surface area contributed by atoms with Gasteiger partial charge in [-0.2, -0.15) is 0 Å². The molecule has 0 spiro atoms. The van der Waals surface area contributed by atoms with Crippen molar-refractivity contribution in [2.75, 3.05) is 5.32 Å².